The van der Waals surface area contributed by atoms with Crippen LogP contribution >= 0.6 is 0 Å². The highest BCUT2D eigenvalue weighted by Gasteiger charge is 2.28. The van der Waals surface area contributed by atoms with Crippen molar-refractivity contribution >= 4 is 16.6 Å². The molecule has 2 aromatic rings. The molecular weight excluding hydrogens is 224 g/mol. The Labute approximate surface area is 108 Å². The third-order valence-corrected chi connectivity index (χ3v) is 3.06. The molecule has 0 radical (unpaired) electrons. The van der Waals surface area contributed by atoms with Gasteiger partial charge in [0.15, 0.2) is 5.78 Å². The molecule has 0 aliphatic rings. The largest absolute Gasteiger partial charge is 0.368 e. The third-order valence-electron chi connectivity index (χ3n) is 3.06. The highest BCUT2D eigenvalue weighted by atomic mass is 16.5. The van der Waals surface area contributed by atoms with Gasteiger partial charge in [-0.05, 0) is 37.6 Å². The van der Waals surface area contributed by atoms with E-state index in [1.165, 1.54) is 0 Å². The molecule has 2 rings (SSSR count). The van der Waals surface area contributed by atoms with Gasteiger partial charge in [-0.25, -0.2) is 0 Å². The fourth-order valence-electron chi connectivity index (χ4n) is 2.10. The Bertz CT molecular complexity index is 570. The number of carbonyl (C=O) groups is 1. The van der Waals surface area contributed by atoms with Gasteiger partial charge in [0.25, 0.3) is 0 Å². The Hall–Kier alpha value is -1.67. The van der Waals surface area contributed by atoms with Crippen molar-refractivity contribution in [1.29, 1.82) is 0 Å². The van der Waals surface area contributed by atoms with Crippen LogP contribution in [-0.4, -0.2) is 18.0 Å². The standard InChI is InChI=1S/C16H18O2/c1-4-18-16(2,3)15(17)14-10-9-12-7-5-6-8-13(12)11-14/h5-11H,4H2,1-3H3. The SMILES string of the molecule is CCOC(C)(C)C(=O)c1ccc2ccccc2c1. The first-order chi connectivity index (χ1) is 8.54. The number of benzene rings is 2. The molecule has 0 heterocycles. The molecule has 2 aromatic carbocycles. The number of rotatable bonds is 4. The minimum atomic E-state index is -0.767. The van der Waals surface area contributed by atoms with Crippen molar-refractivity contribution in [1.82, 2.24) is 0 Å². The molecule has 2 nitrogen and oxygen atoms in total. The summed E-state index contributed by atoms with van der Waals surface area (Å²) < 4.78 is 5.51. The first kappa shape index (κ1) is 12.8. The Balaban J connectivity index is 2.39. The van der Waals surface area contributed by atoms with E-state index in [9.17, 15) is 4.79 Å². The first-order valence-corrected chi connectivity index (χ1v) is 6.22. The van der Waals surface area contributed by atoms with Gasteiger partial charge in [0.1, 0.15) is 5.60 Å². The number of hydrogen-bond acceptors (Lipinski definition) is 2. The number of carbonyl (C=O) groups excluding carboxylic acids is 1. The molecule has 94 valence electrons. The number of fused-ring (bicyclic) bond motifs is 1. The fourth-order valence-corrected chi connectivity index (χ4v) is 2.10. The zero-order valence-electron chi connectivity index (χ0n) is 11.1. The normalized spacial score (nSPS) is 11.7. The molecule has 0 fully saturated rings. The van der Waals surface area contributed by atoms with Crippen molar-refractivity contribution < 1.29 is 9.53 Å². The Morgan fingerprint density at radius 2 is 1.78 bits per heavy atom. The lowest BCUT2D eigenvalue weighted by Crippen LogP contribution is -2.35. The second kappa shape index (κ2) is 4.91. The van der Waals surface area contributed by atoms with Crippen molar-refractivity contribution in [2.75, 3.05) is 6.61 Å². The monoisotopic (exact) mass is 242 g/mol. The number of hydrogen-bond donors (Lipinski definition) is 0. The van der Waals surface area contributed by atoms with E-state index >= 15 is 0 Å². The molecular formula is C16H18O2. The summed E-state index contributed by atoms with van der Waals surface area (Å²) >= 11 is 0. The van der Waals surface area contributed by atoms with E-state index < -0.39 is 5.60 Å². The van der Waals surface area contributed by atoms with Crippen molar-refractivity contribution in [2.24, 2.45) is 0 Å². The van der Waals surface area contributed by atoms with E-state index in [2.05, 4.69) is 0 Å². The lowest BCUT2D eigenvalue weighted by Gasteiger charge is -2.23. The van der Waals surface area contributed by atoms with Gasteiger partial charge in [0, 0.05) is 12.2 Å². The predicted octanol–water partition coefficient (Wildman–Crippen LogP) is 3.84. The van der Waals surface area contributed by atoms with Crippen molar-refractivity contribution in [3.63, 3.8) is 0 Å². The molecule has 0 spiro atoms. The number of ketones is 1. The number of ether oxygens (including phenoxy) is 1. The molecule has 0 N–H and O–H groups in total. The van der Waals surface area contributed by atoms with E-state index in [0.29, 0.717) is 12.2 Å². The molecule has 0 aromatic heterocycles. The second-order valence-corrected chi connectivity index (χ2v) is 4.83. The zero-order valence-corrected chi connectivity index (χ0v) is 11.1. The Morgan fingerprint density at radius 1 is 1.11 bits per heavy atom. The average Bonchev–Trinajstić information content (AvgIpc) is 2.37. The molecule has 0 atom stereocenters. The lowest BCUT2D eigenvalue weighted by molar-refractivity contribution is 0.00127. The van der Waals surface area contributed by atoms with Crippen molar-refractivity contribution in [2.45, 2.75) is 26.4 Å². The maximum atomic E-state index is 12.4. The summed E-state index contributed by atoms with van der Waals surface area (Å²) in [5, 5.41) is 2.22. The number of Topliss-reactive ketones (excluding diaryl/α,β-unsaturated/α-hetero) is 1. The summed E-state index contributed by atoms with van der Waals surface area (Å²) in [5.74, 6) is 0.0232. The average molecular weight is 242 g/mol. The van der Waals surface area contributed by atoms with E-state index in [0.717, 1.165) is 10.8 Å². The third kappa shape index (κ3) is 2.44. The fraction of sp³-hybridized carbons (Fsp3) is 0.312. The van der Waals surface area contributed by atoms with E-state index in [4.69, 9.17) is 4.74 Å². The van der Waals surface area contributed by atoms with Crippen LogP contribution in [0.3, 0.4) is 0 Å². The van der Waals surface area contributed by atoms with Gasteiger partial charge < -0.3 is 4.74 Å². The van der Waals surface area contributed by atoms with Gasteiger partial charge in [-0.2, -0.15) is 0 Å². The van der Waals surface area contributed by atoms with Crippen LogP contribution in [0.25, 0.3) is 10.8 Å². The van der Waals surface area contributed by atoms with Gasteiger partial charge in [-0.15, -0.1) is 0 Å². The van der Waals surface area contributed by atoms with Gasteiger partial charge in [-0.1, -0.05) is 36.4 Å². The summed E-state index contributed by atoms with van der Waals surface area (Å²) in [4.78, 5) is 12.4. The van der Waals surface area contributed by atoms with Crippen LogP contribution in [0.1, 0.15) is 31.1 Å². The van der Waals surface area contributed by atoms with E-state index in [-0.39, 0.29) is 5.78 Å². The summed E-state index contributed by atoms with van der Waals surface area (Å²) in [6.45, 7) is 6.06. The molecule has 18 heavy (non-hydrogen) atoms. The molecule has 0 saturated heterocycles. The summed E-state index contributed by atoms with van der Waals surface area (Å²) in [7, 11) is 0. The van der Waals surface area contributed by atoms with Gasteiger partial charge >= 0.3 is 0 Å². The molecule has 2 heteroatoms. The summed E-state index contributed by atoms with van der Waals surface area (Å²) in [6, 6.07) is 13.8. The van der Waals surface area contributed by atoms with Crippen LogP contribution in [0.2, 0.25) is 0 Å². The molecule has 0 bridgehead atoms. The molecule has 0 unspecified atom stereocenters. The maximum absolute atomic E-state index is 12.4. The minimum Gasteiger partial charge on any atom is -0.368 e. The van der Waals surface area contributed by atoms with Crippen molar-refractivity contribution in [3.8, 4) is 0 Å². The molecule has 0 aliphatic carbocycles. The van der Waals surface area contributed by atoms with Crippen LogP contribution in [0.15, 0.2) is 42.5 Å². The predicted molar refractivity (Wildman–Crippen MR) is 74.0 cm³/mol. The van der Waals surface area contributed by atoms with Crippen molar-refractivity contribution in [3.05, 3.63) is 48.0 Å². The maximum Gasteiger partial charge on any atom is 0.194 e. The quantitative estimate of drug-likeness (QED) is 0.761. The van der Waals surface area contributed by atoms with Crippen LogP contribution in [0, 0.1) is 0 Å². The molecule has 0 saturated carbocycles. The lowest BCUT2D eigenvalue weighted by atomic mass is 9.94. The summed E-state index contributed by atoms with van der Waals surface area (Å²) in [5.41, 5.74) is -0.0656. The minimum absolute atomic E-state index is 0.0232. The highest BCUT2D eigenvalue weighted by Crippen LogP contribution is 2.21. The Morgan fingerprint density at radius 3 is 2.44 bits per heavy atom. The second-order valence-electron chi connectivity index (χ2n) is 4.83. The van der Waals surface area contributed by atoms with Crippen LogP contribution in [-0.2, 0) is 4.74 Å². The van der Waals surface area contributed by atoms with Crippen LogP contribution < -0.4 is 0 Å². The Kier molecular flexibility index (Phi) is 3.48. The highest BCUT2D eigenvalue weighted by molar-refractivity contribution is 6.04. The first-order valence-electron chi connectivity index (χ1n) is 6.22. The van der Waals surface area contributed by atoms with Gasteiger partial charge in [-0.3, -0.25) is 4.79 Å². The van der Waals surface area contributed by atoms with Gasteiger partial charge in [0.2, 0.25) is 0 Å². The van der Waals surface area contributed by atoms with Crippen LogP contribution in [0.5, 0.6) is 0 Å². The van der Waals surface area contributed by atoms with Gasteiger partial charge in [0.05, 0.1) is 0 Å². The molecule has 0 amide bonds. The topological polar surface area (TPSA) is 26.3 Å². The molecule has 0 aliphatic heterocycles. The smallest absolute Gasteiger partial charge is 0.194 e. The van der Waals surface area contributed by atoms with E-state index in [1.54, 1.807) is 0 Å². The summed E-state index contributed by atoms with van der Waals surface area (Å²) in [6.07, 6.45) is 0. The van der Waals surface area contributed by atoms with E-state index in [1.807, 2.05) is 63.2 Å². The zero-order chi connectivity index (χ0) is 13.2. The van der Waals surface area contributed by atoms with Crippen LogP contribution in [0.4, 0.5) is 0 Å².